The third kappa shape index (κ3) is 4.79. The molecule has 25 heavy (non-hydrogen) atoms. The monoisotopic (exact) mass is 363 g/mol. The molecule has 0 radical (unpaired) electrons. The molecule has 0 heterocycles. The molecule has 5 nitrogen and oxygen atoms in total. The number of hydrogen-bond donors (Lipinski definition) is 0. The van der Waals surface area contributed by atoms with E-state index in [-0.39, 0.29) is 5.91 Å². The minimum Gasteiger partial charge on any atom is -0.493 e. The largest absolute Gasteiger partial charge is 0.493 e. The van der Waals surface area contributed by atoms with Gasteiger partial charge in [0.2, 0.25) is 0 Å². The highest BCUT2D eigenvalue weighted by Crippen LogP contribution is 2.28. The predicted molar refractivity (Wildman–Crippen MR) is 97.6 cm³/mol. The summed E-state index contributed by atoms with van der Waals surface area (Å²) in [6.07, 6.45) is -0.648. The van der Waals surface area contributed by atoms with Gasteiger partial charge in [0.25, 0.3) is 5.91 Å². The van der Waals surface area contributed by atoms with Gasteiger partial charge in [-0.25, -0.2) is 0 Å². The summed E-state index contributed by atoms with van der Waals surface area (Å²) in [5, 5.41) is 0.477. The maximum atomic E-state index is 12.5. The molecule has 0 fully saturated rings. The van der Waals surface area contributed by atoms with Crippen LogP contribution in [0.4, 0.5) is 0 Å². The van der Waals surface area contributed by atoms with Crippen molar-refractivity contribution in [3.63, 3.8) is 0 Å². The minimum atomic E-state index is -0.648. The summed E-state index contributed by atoms with van der Waals surface area (Å²) in [4.78, 5) is 14.1. The van der Waals surface area contributed by atoms with Crippen LogP contribution < -0.4 is 14.2 Å². The van der Waals surface area contributed by atoms with E-state index in [9.17, 15) is 4.79 Å². The van der Waals surface area contributed by atoms with Crippen LogP contribution in [0.3, 0.4) is 0 Å². The van der Waals surface area contributed by atoms with E-state index >= 15 is 0 Å². The second-order valence-electron chi connectivity index (χ2n) is 5.57. The van der Waals surface area contributed by atoms with Crippen LogP contribution in [0.25, 0.3) is 0 Å². The molecule has 0 aliphatic heterocycles. The van der Waals surface area contributed by atoms with E-state index in [0.717, 1.165) is 5.56 Å². The number of rotatable bonds is 7. The maximum absolute atomic E-state index is 12.5. The molecule has 0 spiro atoms. The van der Waals surface area contributed by atoms with Crippen molar-refractivity contribution >= 4 is 17.5 Å². The fourth-order valence-electron chi connectivity index (χ4n) is 2.42. The number of benzene rings is 2. The Balaban J connectivity index is 2.03. The lowest BCUT2D eigenvalue weighted by Gasteiger charge is -2.23. The topological polar surface area (TPSA) is 48.0 Å². The Labute approximate surface area is 153 Å². The van der Waals surface area contributed by atoms with E-state index in [1.807, 2.05) is 30.3 Å². The van der Waals surface area contributed by atoms with Gasteiger partial charge in [-0.2, -0.15) is 0 Å². The Morgan fingerprint density at radius 2 is 1.76 bits per heavy atom. The highest BCUT2D eigenvalue weighted by Gasteiger charge is 2.20. The van der Waals surface area contributed by atoms with E-state index in [2.05, 4.69) is 0 Å². The van der Waals surface area contributed by atoms with Crippen molar-refractivity contribution in [3.8, 4) is 17.2 Å². The van der Waals surface area contributed by atoms with E-state index in [1.165, 1.54) is 0 Å². The first-order valence-electron chi connectivity index (χ1n) is 7.83. The molecule has 6 heteroatoms. The van der Waals surface area contributed by atoms with Gasteiger partial charge in [-0.05, 0) is 36.8 Å². The van der Waals surface area contributed by atoms with Gasteiger partial charge in [0.15, 0.2) is 17.6 Å². The van der Waals surface area contributed by atoms with Gasteiger partial charge in [-0.15, -0.1) is 0 Å². The molecule has 0 aromatic heterocycles. The van der Waals surface area contributed by atoms with Crippen molar-refractivity contribution in [2.24, 2.45) is 0 Å². The fraction of sp³-hybridized carbons (Fsp3) is 0.316. The summed E-state index contributed by atoms with van der Waals surface area (Å²) in [7, 11) is 4.89. The first-order valence-corrected chi connectivity index (χ1v) is 8.21. The molecule has 0 bridgehead atoms. The number of para-hydroxylation sites is 1. The van der Waals surface area contributed by atoms with Crippen LogP contribution in [-0.4, -0.2) is 38.2 Å². The maximum Gasteiger partial charge on any atom is 0.263 e. The molecule has 0 aliphatic rings. The summed E-state index contributed by atoms with van der Waals surface area (Å²) in [6.45, 7) is 2.13. The lowest BCUT2D eigenvalue weighted by molar-refractivity contribution is -0.137. The van der Waals surface area contributed by atoms with E-state index in [1.54, 1.807) is 45.2 Å². The molecule has 0 N–H and O–H groups in total. The van der Waals surface area contributed by atoms with Crippen molar-refractivity contribution in [1.82, 2.24) is 4.90 Å². The van der Waals surface area contributed by atoms with E-state index in [0.29, 0.717) is 28.8 Å². The number of ether oxygens (including phenoxy) is 3. The second-order valence-corrected chi connectivity index (χ2v) is 5.98. The van der Waals surface area contributed by atoms with Crippen LogP contribution in [0, 0.1) is 0 Å². The average molecular weight is 364 g/mol. The minimum absolute atomic E-state index is 0.144. The number of likely N-dealkylation sites (N-methyl/N-ethyl adjacent to an activating group) is 1. The molecule has 0 saturated heterocycles. The number of hydrogen-bond acceptors (Lipinski definition) is 4. The van der Waals surface area contributed by atoms with Crippen LogP contribution in [0.15, 0.2) is 42.5 Å². The summed E-state index contributed by atoms with van der Waals surface area (Å²) < 4.78 is 16.2. The first kappa shape index (κ1) is 18.9. The quantitative estimate of drug-likeness (QED) is 0.751. The molecule has 1 amide bonds. The smallest absolute Gasteiger partial charge is 0.263 e. The molecule has 0 aliphatic carbocycles. The normalized spacial score (nSPS) is 11.6. The predicted octanol–water partition coefficient (Wildman–Crippen LogP) is 3.78. The van der Waals surface area contributed by atoms with Crippen LogP contribution in [-0.2, 0) is 11.3 Å². The van der Waals surface area contributed by atoms with Gasteiger partial charge in [-0.1, -0.05) is 29.8 Å². The standard InChI is InChI=1S/C19H22ClNO4/c1-13(25-16-8-6-5-7-15(16)20)19(22)21(2)12-14-9-10-17(23-3)18(11-14)24-4/h5-11,13H,12H2,1-4H3. The van der Waals surface area contributed by atoms with Crippen molar-refractivity contribution in [3.05, 3.63) is 53.1 Å². The lowest BCUT2D eigenvalue weighted by Crippen LogP contribution is -2.37. The summed E-state index contributed by atoms with van der Waals surface area (Å²) in [5.41, 5.74) is 0.929. The second kappa shape index (κ2) is 8.62. The number of methoxy groups -OCH3 is 2. The Morgan fingerprint density at radius 1 is 1.08 bits per heavy atom. The zero-order chi connectivity index (χ0) is 18.4. The highest BCUT2D eigenvalue weighted by molar-refractivity contribution is 6.32. The van der Waals surface area contributed by atoms with E-state index in [4.69, 9.17) is 25.8 Å². The van der Waals surface area contributed by atoms with Crippen molar-refractivity contribution < 1.29 is 19.0 Å². The number of halogens is 1. The SMILES string of the molecule is COc1ccc(CN(C)C(=O)C(C)Oc2ccccc2Cl)cc1OC. The van der Waals surface area contributed by atoms with Crippen molar-refractivity contribution in [2.75, 3.05) is 21.3 Å². The molecule has 2 aromatic rings. The number of amides is 1. The van der Waals surface area contributed by atoms with Gasteiger partial charge >= 0.3 is 0 Å². The molecule has 1 unspecified atom stereocenters. The Bertz CT molecular complexity index is 735. The molecule has 2 rings (SSSR count). The molecular weight excluding hydrogens is 342 g/mol. The van der Waals surface area contributed by atoms with Crippen LogP contribution in [0.5, 0.6) is 17.2 Å². The number of carbonyl (C=O) groups excluding carboxylic acids is 1. The van der Waals surface area contributed by atoms with Crippen LogP contribution >= 0.6 is 11.6 Å². The number of carbonyl (C=O) groups is 1. The van der Waals surface area contributed by atoms with Crippen molar-refractivity contribution in [2.45, 2.75) is 19.6 Å². The molecule has 0 saturated carbocycles. The number of nitrogens with zero attached hydrogens (tertiary/aromatic N) is 1. The van der Waals surface area contributed by atoms with Crippen LogP contribution in [0.2, 0.25) is 5.02 Å². The molecule has 2 aromatic carbocycles. The van der Waals surface area contributed by atoms with Crippen LogP contribution in [0.1, 0.15) is 12.5 Å². The molecule has 134 valence electrons. The molecule has 1 atom stereocenters. The Kier molecular flexibility index (Phi) is 6.53. The fourth-order valence-corrected chi connectivity index (χ4v) is 2.60. The summed E-state index contributed by atoms with van der Waals surface area (Å²) in [5.74, 6) is 1.62. The summed E-state index contributed by atoms with van der Waals surface area (Å²) >= 11 is 6.07. The van der Waals surface area contributed by atoms with Crippen molar-refractivity contribution in [1.29, 1.82) is 0 Å². The van der Waals surface area contributed by atoms with Gasteiger partial charge in [0, 0.05) is 13.6 Å². The van der Waals surface area contributed by atoms with E-state index < -0.39 is 6.10 Å². The zero-order valence-corrected chi connectivity index (χ0v) is 15.5. The Morgan fingerprint density at radius 3 is 2.40 bits per heavy atom. The third-order valence-electron chi connectivity index (χ3n) is 3.73. The lowest BCUT2D eigenvalue weighted by atomic mass is 10.2. The highest BCUT2D eigenvalue weighted by atomic mass is 35.5. The zero-order valence-electron chi connectivity index (χ0n) is 14.8. The van der Waals surface area contributed by atoms with Gasteiger partial charge in [0.1, 0.15) is 5.75 Å². The average Bonchev–Trinajstić information content (AvgIpc) is 2.62. The summed E-state index contributed by atoms with van der Waals surface area (Å²) in [6, 6.07) is 12.6. The van der Waals surface area contributed by atoms with Gasteiger partial charge in [-0.3, -0.25) is 4.79 Å². The Hall–Kier alpha value is -2.40. The third-order valence-corrected chi connectivity index (χ3v) is 4.04. The van der Waals surface area contributed by atoms with Gasteiger partial charge < -0.3 is 19.1 Å². The first-order chi connectivity index (χ1) is 12.0. The molecular formula is C19H22ClNO4. The van der Waals surface area contributed by atoms with Gasteiger partial charge in [0.05, 0.1) is 19.2 Å².